The lowest BCUT2D eigenvalue weighted by Gasteiger charge is -2.55. The number of phenols is 1. The van der Waals surface area contributed by atoms with Crippen molar-refractivity contribution in [1.29, 1.82) is 0 Å². The zero-order valence-corrected chi connectivity index (χ0v) is 13.7. The predicted molar refractivity (Wildman–Crippen MR) is 87.2 cm³/mol. The van der Waals surface area contributed by atoms with Crippen LogP contribution in [0.5, 0.6) is 11.5 Å². The van der Waals surface area contributed by atoms with Crippen LogP contribution in [0, 0.1) is 5.92 Å². The molecule has 1 spiro atoms. The molecule has 2 saturated carbocycles. The van der Waals surface area contributed by atoms with Crippen LogP contribution in [0.4, 0.5) is 0 Å². The van der Waals surface area contributed by atoms with E-state index in [2.05, 4.69) is 4.90 Å². The van der Waals surface area contributed by atoms with E-state index in [-0.39, 0.29) is 11.5 Å². The maximum Gasteiger partial charge on any atom is 0.174 e. The maximum atomic E-state index is 12.6. The predicted octanol–water partition coefficient (Wildman–Crippen LogP) is 1.60. The molecule has 3 atom stereocenters. The summed E-state index contributed by atoms with van der Waals surface area (Å²) in [4.78, 5) is 14.9. The molecule has 0 bridgehead atoms. The van der Waals surface area contributed by atoms with Crippen LogP contribution in [0.3, 0.4) is 0 Å². The Labute approximate surface area is 141 Å². The number of carbonyl (C=O) groups excluding carboxylic acids is 1. The van der Waals surface area contributed by atoms with Gasteiger partial charge in [-0.05, 0) is 44.2 Å². The fraction of sp³-hybridized carbons (Fsp3) is 0.632. The van der Waals surface area contributed by atoms with E-state index in [1.807, 2.05) is 6.07 Å². The first-order valence-electron chi connectivity index (χ1n) is 9.00. The number of likely N-dealkylation sites (tertiary alicyclic amines) is 1. The molecule has 2 N–H and O–H groups in total. The molecule has 4 aliphatic rings. The minimum atomic E-state index is -0.974. The van der Waals surface area contributed by atoms with Crippen molar-refractivity contribution in [2.24, 2.45) is 5.92 Å². The minimum absolute atomic E-state index is 0.0471. The maximum absolute atomic E-state index is 12.6. The van der Waals surface area contributed by atoms with Gasteiger partial charge in [0.1, 0.15) is 0 Å². The molecular formula is C19H23NO4. The molecule has 1 aromatic carbocycles. The molecule has 1 aromatic rings. The van der Waals surface area contributed by atoms with Crippen molar-refractivity contribution in [1.82, 2.24) is 4.90 Å². The molecule has 24 heavy (non-hydrogen) atoms. The number of hydrogen-bond acceptors (Lipinski definition) is 5. The van der Waals surface area contributed by atoms with Crippen molar-refractivity contribution in [2.45, 2.75) is 49.2 Å². The van der Waals surface area contributed by atoms with Crippen LogP contribution in [0.2, 0.25) is 0 Å². The summed E-state index contributed by atoms with van der Waals surface area (Å²) in [5.74, 6) is 1.28. The molecule has 128 valence electrons. The van der Waals surface area contributed by atoms with E-state index in [1.165, 1.54) is 12.8 Å². The molecule has 0 amide bonds. The second-order valence-electron chi connectivity index (χ2n) is 8.05. The number of para-hydroxylation sites is 1. The van der Waals surface area contributed by atoms with E-state index in [0.717, 1.165) is 24.6 Å². The largest absolute Gasteiger partial charge is 0.504 e. The van der Waals surface area contributed by atoms with Crippen molar-refractivity contribution in [2.75, 3.05) is 19.6 Å². The van der Waals surface area contributed by atoms with Gasteiger partial charge < -0.3 is 19.8 Å². The number of ketones is 1. The Balaban J connectivity index is 1.60. The molecule has 1 unspecified atom stereocenters. The number of Topliss-reactive ketones (excluding diaryl/α,β-unsaturated/α-hetero) is 1. The number of phenolic OH excluding ortho intramolecular Hbond substituents is 1. The van der Waals surface area contributed by atoms with Gasteiger partial charge >= 0.3 is 0 Å². The first-order chi connectivity index (χ1) is 11.5. The first-order valence-corrected chi connectivity index (χ1v) is 9.00. The van der Waals surface area contributed by atoms with E-state index < -0.39 is 17.1 Å². The molecule has 1 saturated heterocycles. The van der Waals surface area contributed by atoms with Gasteiger partial charge in [-0.2, -0.15) is 0 Å². The highest BCUT2D eigenvalue weighted by molar-refractivity contribution is 5.89. The van der Waals surface area contributed by atoms with Gasteiger partial charge in [0.05, 0.1) is 11.0 Å². The van der Waals surface area contributed by atoms with Gasteiger partial charge in [0.2, 0.25) is 0 Å². The molecule has 5 heteroatoms. The third-order valence-electron chi connectivity index (χ3n) is 6.59. The molecule has 0 radical (unpaired) electrons. The zero-order valence-electron chi connectivity index (χ0n) is 13.7. The monoisotopic (exact) mass is 329 g/mol. The number of carbonyl (C=O) groups is 1. The lowest BCUT2D eigenvalue weighted by molar-refractivity contribution is -0.164. The Kier molecular flexibility index (Phi) is 2.90. The summed E-state index contributed by atoms with van der Waals surface area (Å²) < 4.78 is 5.93. The van der Waals surface area contributed by atoms with E-state index >= 15 is 0 Å². The van der Waals surface area contributed by atoms with Crippen LogP contribution < -0.4 is 4.74 Å². The average molecular weight is 329 g/mol. The van der Waals surface area contributed by atoms with Gasteiger partial charge in [0, 0.05) is 25.1 Å². The van der Waals surface area contributed by atoms with Gasteiger partial charge in [-0.25, -0.2) is 0 Å². The molecule has 5 rings (SSSR count). The van der Waals surface area contributed by atoms with E-state index in [0.29, 0.717) is 31.6 Å². The minimum Gasteiger partial charge on any atom is -0.504 e. The number of piperidine rings is 1. The summed E-state index contributed by atoms with van der Waals surface area (Å²) >= 11 is 0. The van der Waals surface area contributed by atoms with Gasteiger partial charge in [-0.1, -0.05) is 12.1 Å². The van der Waals surface area contributed by atoms with Crippen LogP contribution >= 0.6 is 0 Å². The standard InChI is InChI=1S/C19H23NO4/c21-14-3-1-2-13-16(14)24-17-15(22)6-7-18(23)11-20(10-12-4-5-12)9-8-19(13,17)18/h1-3,12,17,21,23H,4-11H2/t17?,18-,19+/m0/s1. The number of ether oxygens (including phenoxy) is 1. The SMILES string of the molecule is O=C1CC[C@]2(O)CN(CC3CC3)CC[C@]23c2cccc(O)c2OC13. The highest BCUT2D eigenvalue weighted by Gasteiger charge is 2.67. The van der Waals surface area contributed by atoms with Crippen molar-refractivity contribution in [3.8, 4) is 11.5 Å². The molecule has 3 fully saturated rings. The molecule has 2 heterocycles. The smallest absolute Gasteiger partial charge is 0.174 e. The second kappa shape index (κ2) is 4.73. The van der Waals surface area contributed by atoms with Crippen molar-refractivity contribution in [3.63, 3.8) is 0 Å². The molecule has 0 aromatic heterocycles. The summed E-state index contributed by atoms with van der Waals surface area (Å²) in [6.07, 6.45) is 3.43. The number of aromatic hydroxyl groups is 1. The van der Waals surface area contributed by atoms with E-state index in [1.54, 1.807) is 12.1 Å². The van der Waals surface area contributed by atoms with Crippen molar-refractivity contribution < 1.29 is 19.7 Å². The lowest BCUT2D eigenvalue weighted by atomic mass is 9.55. The number of nitrogens with zero attached hydrogens (tertiary/aromatic N) is 1. The van der Waals surface area contributed by atoms with Crippen molar-refractivity contribution >= 4 is 5.78 Å². The Morgan fingerprint density at radius 1 is 1.29 bits per heavy atom. The Morgan fingerprint density at radius 3 is 2.92 bits per heavy atom. The number of fused-ring (bicyclic) bond motifs is 1. The van der Waals surface area contributed by atoms with Crippen molar-refractivity contribution in [3.05, 3.63) is 23.8 Å². The number of rotatable bonds is 2. The van der Waals surface area contributed by atoms with Crippen LogP contribution in [-0.2, 0) is 10.2 Å². The van der Waals surface area contributed by atoms with Crippen LogP contribution in [0.15, 0.2) is 18.2 Å². The summed E-state index contributed by atoms with van der Waals surface area (Å²) in [6, 6.07) is 5.28. The second-order valence-corrected chi connectivity index (χ2v) is 8.05. The lowest BCUT2D eigenvalue weighted by Crippen LogP contribution is -2.70. The van der Waals surface area contributed by atoms with Gasteiger partial charge in [0.25, 0.3) is 0 Å². The third kappa shape index (κ3) is 1.80. The highest BCUT2D eigenvalue weighted by atomic mass is 16.5. The van der Waals surface area contributed by atoms with Gasteiger partial charge in [-0.3, -0.25) is 4.79 Å². The topological polar surface area (TPSA) is 70.0 Å². The van der Waals surface area contributed by atoms with Crippen LogP contribution in [0.1, 0.15) is 37.7 Å². The van der Waals surface area contributed by atoms with Crippen LogP contribution in [0.25, 0.3) is 0 Å². The molecule has 5 nitrogen and oxygen atoms in total. The average Bonchev–Trinajstić information content (AvgIpc) is 3.29. The van der Waals surface area contributed by atoms with Gasteiger partial charge in [0.15, 0.2) is 23.4 Å². The fourth-order valence-corrected chi connectivity index (χ4v) is 5.20. The first kappa shape index (κ1) is 14.7. The Hall–Kier alpha value is -1.59. The summed E-state index contributed by atoms with van der Waals surface area (Å²) in [7, 11) is 0. The zero-order chi connectivity index (χ0) is 16.5. The quantitative estimate of drug-likeness (QED) is 0.862. The molecule has 2 aliphatic carbocycles. The summed E-state index contributed by atoms with van der Waals surface area (Å²) in [5, 5.41) is 21.8. The third-order valence-corrected chi connectivity index (χ3v) is 6.59. The summed E-state index contributed by atoms with van der Waals surface area (Å²) in [6.45, 7) is 2.50. The molecule has 2 aliphatic heterocycles. The fourth-order valence-electron chi connectivity index (χ4n) is 5.20. The van der Waals surface area contributed by atoms with E-state index in [4.69, 9.17) is 4.74 Å². The number of aliphatic hydroxyl groups is 1. The molecular weight excluding hydrogens is 306 g/mol. The number of β-amino-alcohol motifs (C(OH)–C–C–N with tert-alkyl or cyclic N) is 1. The van der Waals surface area contributed by atoms with Gasteiger partial charge in [-0.15, -0.1) is 0 Å². The van der Waals surface area contributed by atoms with E-state index in [9.17, 15) is 15.0 Å². The Morgan fingerprint density at radius 2 is 2.12 bits per heavy atom. The number of hydrogen-bond donors (Lipinski definition) is 2. The number of benzene rings is 1. The Bertz CT molecular complexity index is 715. The summed E-state index contributed by atoms with van der Waals surface area (Å²) in [5.41, 5.74) is -0.872. The normalized spacial score (nSPS) is 38.2. The van der Waals surface area contributed by atoms with Crippen LogP contribution in [-0.4, -0.2) is 52.2 Å². The highest BCUT2D eigenvalue weighted by Crippen LogP contribution is 2.59.